The summed E-state index contributed by atoms with van der Waals surface area (Å²) in [5.41, 5.74) is 0. The van der Waals surface area contributed by atoms with Crippen molar-refractivity contribution in [3.63, 3.8) is 0 Å². The molecule has 0 saturated carbocycles. The Labute approximate surface area is 119 Å². The molecular weight excluding hydrogens is 254 g/mol. The van der Waals surface area contributed by atoms with Crippen molar-refractivity contribution in [3.05, 3.63) is 18.5 Å². The van der Waals surface area contributed by atoms with Crippen LogP contribution < -0.4 is 0 Å². The van der Waals surface area contributed by atoms with Gasteiger partial charge in [0.15, 0.2) is 0 Å². The van der Waals surface area contributed by atoms with Crippen LogP contribution in [-0.4, -0.2) is 46.4 Å². The number of aromatic nitrogens is 2. The SMILES string of the molecule is O=C(CC[C@H]1CCCO1)N1CCC[C@@H](n2cccn2)C1. The maximum Gasteiger partial charge on any atom is 0.222 e. The van der Waals surface area contributed by atoms with Crippen LogP contribution >= 0.6 is 0 Å². The van der Waals surface area contributed by atoms with Gasteiger partial charge in [-0.1, -0.05) is 0 Å². The fraction of sp³-hybridized carbons (Fsp3) is 0.733. The van der Waals surface area contributed by atoms with E-state index in [4.69, 9.17) is 4.74 Å². The molecule has 0 N–H and O–H groups in total. The van der Waals surface area contributed by atoms with Crippen LogP contribution in [0.1, 0.15) is 44.6 Å². The van der Waals surface area contributed by atoms with E-state index in [2.05, 4.69) is 5.10 Å². The second kappa shape index (κ2) is 6.39. The van der Waals surface area contributed by atoms with Crippen LogP contribution in [0.5, 0.6) is 0 Å². The van der Waals surface area contributed by atoms with E-state index in [0.717, 1.165) is 51.8 Å². The minimum Gasteiger partial charge on any atom is -0.378 e. The van der Waals surface area contributed by atoms with Gasteiger partial charge in [0.05, 0.1) is 12.1 Å². The minimum absolute atomic E-state index is 0.275. The van der Waals surface area contributed by atoms with E-state index >= 15 is 0 Å². The van der Waals surface area contributed by atoms with Gasteiger partial charge < -0.3 is 9.64 Å². The van der Waals surface area contributed by atoms with Crippen molar-refractivity contribution in [3.8, 4) is 0 Å². The standard InChI is InChI=1S/C15H23N3O2/c19-15(7-6-14-5-2-11-20-14)17-9-1-4-13(12-17)18-10-3-8-16-18/h3,8,10,13-14H,1-2,4-7,9,11-12H2/t13-,14-/m1/s1. The van der Waals surface area contributed by atoms with E-state index in [-0.39, 0.29) is 5.91 Å². The molecule has 0 aliphatic carbocycles. The number of ether oxygens (including phenoxy) is 1. The first kappa shape index (κ1) is 13.6. The van der Waals surface area contributed by atoms with Gasteiger partial charge in [-0.3, -0.25) is 9.48 Å². The van der Waals surface area contributed by atoms with Gasteiger partial charge in [0.2, 0.25) is 5.91 Å². The Morgan fingerprint density at radius 1 is 1.35 bits per heavy atom. The summed E-state index contributed by atoms with van der Waals surface area (Å²) in [7, 11) is 0. The zero-order valence-electron chi connectivity index (χ0n) is 11.9. The van der Waals surface area contributed by atoms with Crippen LogP contribution in [0.4, 0.5) is 0 Å². The van der Waals surface area contributed by atoms with Crippen LogP contribution in [0.25, 0.3) is 0 Å². The number of nitrogens with zero attached hydrogens (tertiary/aromatic N) is 3. The summed E-state index contributed by atoms with van der Waals surface area (Å²) >= 11 is 0. The highest BCUT2D eigenvalue weighted by atomic mass is 16.5. The summed E-state index contributed by atoms with van der Waals surface area (Å²) in [4.78, 5) is 14.3. The third kappa shape index (κ3) is 3.20. The molecule has 0 unspecified atom stereocenters. The van der Waals surface area contributed by atoms with E-state index in [1.165, 1.54) is 0 Å². The predicted octanol–water partition coefficient (Wildman–Crippen LogP) is 2.01. The number of amides is 1. The van der Waals surface area contributed by atoms with E-state index in [0.29, 0.717) is 18.6 Å². The number of piperidine rings is 1. The van der Waals surface area contributed by atoms with E-state index < -0.39 is 0 Å². The topological polar surface area (TPSA) is 47.4 Å². The number of rotatable bonds is 4. The highest BCUT2D eigenvalue weighted by molar-refractivity contribution is 5.76. The number of likely N-dealkylation sites (tertiary alicyclic amines) is 1. The Bertz CT molecular complexity index is 426. The molecular formula is C15H23N3O2. The Morgan fingerprint density at radius 2 is 2.30 bits per heavy atom. The summed E-state index contributed by atoms with van der Waals surface area (Å²) in [6.45, 7) is 2.55. The predicted molar refractivity (Wildman–Crippen MR) is 75.3 cm³/mol. The molecule has 1 aromatic heterocycles. The number of carbonyl (C=O) groups excluding carboxylic acids is 1. The van der Waals surface area contributed by atoms with Gasteiger partial charge in [-0.25, -0.2) is 0 Å². The van der Waals surface area contributed by atoms with Gasteiger partial charge in [-0.15, -0.1) is 0 Å². The van der Waals surface area contributed by atoms with Gasteiger partial charge in [-0.05, 0) is 38.2 Å². The van der Waals surface area contributed by atoms with Gasteiger partial charge in [-0.2, -0.15) is 5.10 Å². The Morgan fingerprint density at radius 3 is 3.05 bits per heavy atom. The fourth-order valence-corrected chi connectivity index (χ4v) is 3.21. The van der Waals surface area contributed by atoms with Gasteiger partial charge in [0.25, 0.3) is 0 Å². The molecule has 5 nitrogen and oxygen atoms in total. The third-order valence-electron chi connectivity index (χ3n) is 4.35. The molecule has 1 amide bonds. The molecule has 110 valence electrons. The molecule has 2 aliphatic rings. The maximum atomic E-state index is 12.3. The summed E-state index contributed by atoms with van der Waals surface area (Å²) < 4.78 is 7.57. The number of hydrogen-bond donors (Lipinski definition) is 0. The molecule has 3 heterocycles. The van der Waals surface area contributed by atoms with Gasteiger partial charge in [0, 0.05) is 38.5 Å². The maximum absolute atomic E-state index is 12.3. The molecule has 0 bridgehead atoms. The molecule has 0 spiro atoms. The van der Waals surface area contributed by atoms with Crippen molar-refractivity contribution in [2.75, 3.05) is 19.7 Å². The summed E-state index contributed by atoms with van der Waals surface area (Å²) in [6, 6.07) is 2.28. The molecule has 3 rings (SSSR count). The molecule has 0 aromatic carbocycles. The zero-order chi connectivity index (χ0) is 13.8. The van der Waals surface area contributed by atoms with Crippen molar-refractivity contribution >= 4 is 5.91 Å². The molecule has 2 fully saturated rings. The molecule has 5 heteroatoms. The fourth-order valence-electron chi connectivity index (χ4n) is 3.21. The van der Waals surface area contributed by atoms with Gasteiger partial charge in [0.1, 0.15) is 0 Å². The Hall–Kier alpha value is -1.36. The largest absolute Gasteiger partial charge is 0.378 e. The Balaban J connectivity index is 1.49. The average molecular weight is 277 g/mol. The zero-order valence-corrected chi connectivity index (χ0v) is 11.9. The lowest BCUT2D eigenvalue weighted by atomic mass is 10.0. The highest BCUT2D eigenvalue weighted by Gasteiger charge is 2.25. The van der Waals surface area contributed by atoms with Crippen LogP contribution in [-0.2, 0) is 9.53 Å². The molecule has 20 heavy (non-hydrogen) atoms. The van der Waals surface area contributed by atoms with E-state index in [9.17, 15) is 4.79 Å². The third-order valence-corrected chi connectivity index (χ3v) is 4.35. The van der Waals surface area contributed by atoms with Crippen molar-refractivity contribution in [2.45, 2.75) is 50.7 Å². The van der Waals surface area contributed by atoms with E-state index in [1.54, 1.807) is 6.20 Å². The average Bonchev–Trinajstić information content (AvgIpc) is 3.18. The van der Waals surface area contributed by atoms with Crippen LogP contribution in [0.2, 0.25) is 0 Å². The first-order valence-corrected chi connectivity index (χ1v) is 7.71. The second-order valence-electron chi connectivity index (χ2n) is 5.80. The Kier molecular flexibility index (Phi) is 4.35. The van der Waals surface area contributed by atoms with Crippen LogP contribution in [0, 0.1) is 0 Å². The lowest BCUT2D eigenvalue weighted by molar-refractivity contribution is -0.133. The minimum atomic E-state index is 0.275. The lowest BCUT2D eigenvalue weighted by Crippen LogP contribution is -2.41. The molecule has 1 aromatic rings. The number of hydrogen-bond acceptors (Lipinski definition) is 3. The quantitative estimate of drug-likeness (QED) is 0.845. The molecule has 0 radical (unpaired) electrons. The van der Waals surface area contributed by atoms with Crippen molar-refractivity contribution in [2.24, 2.45) is 0 Å². The highest BCUT2D eigenvalue weighted by Crippen LogP contribution is 2.22. The molecule has 2 aliphatic heterocycles. The molecule has 2 saturated heterocycles. The lowest BCUT2D eigenvalue weighted by Gasteiger charge is -2.33. The van der Waals surface area contributed by atoms with Crippen molar-refractivity contribution < 1.29 is 9.53 Å². The van der Waals surface area contributed by atoms with Crippen LogP contribution in [0.3, 0.4) is 0 Å². The smallest absolute Gasteiger partial charge is 0.222 e. The van der Waals surface area contributed by atoms with E-state index in [1.807, 2.05) is 21.8 Å². The van der Waals surface area contributed by atoms with Crippen molar-refractivity contribution in [1.82, 2.24) is 14.7 Å². The first-order chi connectivity index (χ1) is 9.83. The second-order valence-corrected chi connectivity index (χ2v) is 5.80. The van der Waals surface area contributed by atoms with Crippen molar-refractivity contribution in [1.29, 1.82) is 0 Å². The monoisotopic (exact) mass is 277 g/mol. The molecule has 2 atom stereocenters. The number of carbonyl (C=O) groups is 1. The summed E-state index contributed by atoms with van der Waals surface area (Å²) in [5.74, 6) is 0.275. The summed E-state index contributed by atoms with van der Waals surface area (Å²) in [5, 5.41) is 4.30. The normalized spacial score (nSPS) is 26.9. The van der Waals surface area contributed by atoms with Gasteiger partial charge >= 0.3 is 0 Å². The summed E-state index contributed by atoms with van der Waals surface area (Å²) in [6.07, 6.45) is 10.0. The van der Waals surface area contributed by atoms with Crippen LogP contribution in [0.15, 0.2) is 18.5 Å². The first-order valence-electron chi connectivity index (χ1n) is 7.71.